The van der Waals surface area contributed by atoms with Crippen molar-refractivity contribution in [2.45, 2.75) is 51.5 Å². The highest BCUT2D eigenvalue weighted by Crippen LogP contribution is 2.32. The molecule has 4 nitrogen and oxygen atoms in total. The third-order valence-corrected chi connectivity index (χ3v) is 4.50. The summed E-state index contributed by atoms with van der Waals surface area (Å²) in [6.07, 6.45) is 7.60. The second-order valence-corrected chi connectivity index (χ2v) is 5.81. The number of hydrogen-bond acceptors (Lipinski definition) is 5. The van der Waals surface area contributed by atoms with Crippen LogP contribution in [0.5, 0.6) is 0 Å². The Bertz CT molecular complexity index is 427. The van der Waals surface area contributed by atoms with Gasteiger partial charge in [-0.05, 0) is 43.1 Å². The van der Waals surface area contributed by atoms with Gasteiger partial charge in [-0.15, -0.1) is 0 Å². The zero-order valence-electron chi connectivity index (χ0n) is 10.8. The van der Waals surface area contributed by atoms with E-state index in [4.69, 9.17) is 11.0 Å². The topological polar surface area (TPSA) is 74.7 Å². The molecule has 1 aliphatic rings. The molecule has 0 aliphatic heterocycles. The van der Waals surface area contributed by atoms with Gasteiger partial charge in [0.25, 0.3) is 0 Å². The summed E-state index contributed by atoms with van der Waals surface area (Å²) in [5.74, 6) is 1.25. The maximum Gasteiger partial charge on any atom is 0.157 e. The quantitative estimate of drug-likeness (QED) is 0.874. The average Bonchev–Trinajstić information content (AvgIpc) is 2.72. The van der Waals surface area contributed by atoms with Gasteiger partial charge in [0.05, 0.1) is 0 Å². The van der Waals surface area contributed by atoms with E-state index in [0.717, 1.165) is 10.9 Å². The maximum absolute atomic E-state index is 9.03. The third-order valence-electron chi connectivity index (χ3n) is 3.71. The molecule has 1 fully saturated rings. The average molecular weight is 264 g/mol. The molecule has 3 N–H and O–H groups in total. The fourth-order valence-corrected chi connectivity index (χ4v) is 3.44. The van der Waals surface area contributed by atoms with E-state index in [9.17, 15) is 0 Å². The van der Waals surface area contributed by atoms with Gasteiger partial charge in [-0.1, -0.05) is 19.8 Å². The molecule has 1 aromatic rings. The summed E-state index contributed by atoms with van der Waals surface area (Å²) in [7, 11) is 0. The SMILES string of the molecule is CCCC1CCC(Nc2snc(N)c2C#N)CC1. The van der Waals surface area contributed by atoms with Gasteiger partial charge in [0, 0.05) is 6.04 Å². The van der Waals surface area contributed by atoms with E-state index < -0.39 is 0 Å². The lowest BCUT2D eigenvalue weighted by Gasteiger charge is -2.29. The van der Waals surface area contributed by atoms with Crippen LogP contribution in [0.15, 0.2) is 0 Å². The van der Waals surface area contributed by atoms with Gasteiger partial charge < -0.3 is 11.1 Å². The third kappa shape index (κ3) is 2.94. The van der Waals surface area contributed by atoms with E-state index in [-0.39, 0.29) is 0 Å². The molecule has 0 saturated heterocycles. The summed E-state index contributed by atoms with van der Waals surface area (Å²) in [6.45, 7) is 2.25. The second kappa shape index (κ2) is 6.05. The number of nitrogens with two attached hydrogens (primary N) is 1. The van der Waals surface area contributed by atoms with Gasteiger partial charge in [-0.2, -0.15) is 9.64 Å². The maximum atomic E-state index is 9.03. The molecule has 18 heavy (non-hydrogen) atoms. The number of nitrogens with one attached hydrogen (secondary N) is 1. The van der Waals surface area contributed by atoms with E-state index in [1.807, 2.05) is 0 Å². The highest BCUT2D eigenvalue weighted by atomic mass is 32.1. The van der Waals surface area contributed by atoms with Crippen LogP contribution in [-0.2, 0) is 0 Å². The first-order valence-corrected chi connectivity index (χ1v) is 7.43. The molecule has 0 bridgehead atoms. The normalized spacial score (nSPS) is 23.6. The number of aromatic nitrogens is 1. The Labute approximate surface area is 112 Å². The largest absolute Gasteiger partial charge is 0.382 e. The molecule has 5 heteroatoms. The molecule has 0 aromatic carbocycles. The number of nitrogens with zero attached hydrogens (tertiary/aromatic N) is 2. The molecule has 1 saturated carbocycles. The minimum atomic E-state index is 0.352. The van der Waals surface area contributed by atoms with Gasteiger partial charge >= 0.3 is 0 Å². The van der Waals surface area contributed by atoms with E-state index in [1.165, 1.54) is 50.1 Å². The van der Waals surface area contributed by atoms with Crippen molar-refractivity contribution in [1.82, 2.24) is 4.37 Å². The molecule has 1 aliphatic carbocycles. The minimum absolute atomic E-state index is 0.352. The van der Waals surface area contributed by atoms with Crippen LogP contribution in [0.25, 0.3) is 0 Å². The first kappa shape index (κ1) is 13.2. The van der Waals surface area contributed by atoms with E-state index in [0.29, 0.717) is 17.4 Å². The Morgan fingerprint density at radius 3 is 2.78 bits per heavy atom. The summed E-state index contributed by atoms with van der Waals surface area (Å²) in [5.41, 5.74) is 6.17. The lowest BCUT2D eigenvalue weighted by molar-refractivity contribution is 0.319. The predicted octanol–water partition coefficient (Wildman–Crippen LogP) is 3.37. The van der Waals surface area contributed by atoms with Gasteiger partial charge in [0.15, 0.2) is 5.82 Å². The minimum Gasteiger partial charge on any atom is -0.382 e. The van der Waals surface area contributed by atoms with Crippen molar-refractivity contribution >= 4 is 22.4 Å². The summed E-state index contributed by atoms with van der Waals surface area (Å²) in [4.78, 5) is 0. The second-order valence-electron chi connectivity index (χ2n) is 5.03. The van der Waals surface area contributed by atoms with Gasteiger partial charge in [0.1, 0.15) is 16.6 Å². The van der Waals surface area contributed by atoms with Crippen LogP contribution in [0.1, 0.15) is 51.0 Å². The van der Waals surface area contributed by atoms with Crippen LogP contribution < -0.4 is 11.1 Å². The highest BCUT2D eigenvalue weighted by molar-refractivity contribution is 7.10. The van der Waals surface area contributed by atoms with Crippen molar-refractivity contribution in [1.29, 1.82) is 5.26 Å². The molecular weight excluding hydrogens is 244 g/mol. The monoisotopic (exact) mass is 264 g/mol. The van der Waals surface area contributed by atoms with Crippen LogP contribution in [0.2, 0.25) is 0 Å². The molecule has 2 rings (SSSR count). The van der Waals surface area contributed by atoms with Crippen molar-refractivity contribution in [3.05, 3.63) is 5.56 Å². The molecule has 98 valence electrons. The Morgan fingerprint density at radius 1 is 1.44 bits per heavy atom. The number of anilines is 2. The predicted molar refractivity (Wildman–Crippen MR) is 75.5 cm³/mol. The zero-order chi connectivity index (χ0) is 13.0. The molecular formula is C13H20N4S. The Balaban J connectivity index is 1.90. The van der Waals surface area contributed by atoms with Gasteiger partial charge in [0.2, 0.25) is 0 Å². The van der Waals surface area contributed by atoms with Crippen molar-refractivity contribution in [3.63, 3.8) is 0 Å². The Hall–Kier alpha value is -1.28. The summed E-state index contributed by atoms with van der Waals surface area (Å²) in [5, 5.41) is 13.3. The fraction of sp³-hybridized carbons (Fsp3) is 0.692. The van der Waals surface area contributed by atoms with Crippen LogP contribution in [0.4, 0.5) is 10.8 Å². The fourth-order valence-electron chi connectivity index (χ4n) is 2.70. The van der Waals surface area contributed by atoms with E-state index >= 15 is 0 Å². The zero-order valence-corrected chi connectivity index (χ0v) is 11.6. The van der Waals surface area contributed by atoms with Gasteiger partial charge in [-0.25, -0.2) is 0 Å². The van der Waals surface area contributed by atoms with Crippen molar-refractivity contribution in [3.8, 4) is 6.07 Å². The first-order valence-electron chi connectivity index (χ1n) is 6.66. The van der Waals surface area contributed by atoms with Crippen LogP contribution in [0.3, 0.4) is 0 Å². The lowest BCUT2D eigenvalue weighted by Crippen LogP contribution is -2.26. The van der Waals surface area contributed by atoms with E-state index in [2.05, 4.69) is 22.7 Å². The molecule has 1 aromatic heterocycles. The molecule has 1 heterocycles. The summed E-state index contributed by atoms with van der Waals surface area (Å²) >= 11 is 1.30. The Kier molecular flexibility index (Phi) is 4.43. The lowest BCUT2D eigenvalue weighted by atomic mass is 9.83. The van der Waals surface area contributed by atoms with Crippen molar-refractivity contribution < 1.29 is 0 Å². The molecule has 0 unspecified atom stereocenters. The number of nitrogen functional groups attached to an aromatic ring is 1. The Morgan fingerprint density at radius 2 is 2.17 bits per heavy atom. The van der Waals surface area contributed by atoms with Crippen LogP contribution in [0, 0.1) is 17.2 Å². The molecule has 0 amide bonds. The first-order chi connectivity index (χ1) is 8.74. The van der Waals surface area contributed by atoms with Crippen LogP contribution in [-0.4, -0.2) is 10.4 Å². The number of rotatable bonds is 4. The van der Waals surface area contributed by atoms with Crippen molar-refractivity contribution in [2.24, 2.45) is 5.92 Å². The highest BCUT2D eigenvalue weighted by Gasteiger charge is 2.22. The van der Waals surface area contributed by atoms with Gasteiger partial charge in [-0.3, -0.25) is 0 Å². The van der Waals surface area contributed by atoms with E-state index in [1.54, 1.807) is 0 Å². The molecule has 0 atom stereocenters. The number of hydrogen-bond donors (Lipinski definition) is 2. The van der Waals surface area contributed by atoms with Crippen molar-refractivity contribution in [2.75, 3.05) is 11.1 Å². The summed E-state index contributed by atoms with van der Waals surface area (Å²) < 4.78 is 4.03. The molecule has 0 spiro atoms. The summed E-state index contributed by atoms with van der Waals surface area (Å²) in [6, 6.07) is 2.60. The number of nitriles is 1. The molecule has 0 radical (unpaired) electrons. The van der Waals surface area contributed by atoms with Crippen LogP contribution >= 0.6 is 11.5 Å². The standard InChI is InChI=1S/C13H20N4S/c1-2-3-9-4-6-10(7-5-9)16-13-11(8-14)12(15)17-18-13/h9-10,16H,2-7H2,1H3,(H2,15,17). The smallest absolute Gasteiger partial charge is 0.157 e.